The monoisotopic (exact) mass is 1030 g/mol. The minimum atomic E-state index is -0.296. The van der Waals surface area contributed by atoms with E-state index in [2.05, 4.69) is 78.3 Å². The number of fused-ring (bicyclic) bond motifs is 2. The second-order valence-electron chi connectivity index (χ2n) is 20.0. The van der Waals surface area contributed by atoms with E-state index in [1.165, 1.54) is 29.4 Å². The Balaban J connectivity index is 0.000000203. The van der Waals surface area contributed by atoms with Crippen LogP contribution in [0.5, 0.6) is 0 Å². The van der Waals surface area contributed by atoms with Crippen LogP contribution in [0.1, 0.15) is 149 Å². The number of aryl methyl sites for hydroxylation is 4. The van der Waals surface area contributed by atoms with Crippen molar-refractivity contribution in [3.63, 3.8) is 0 Å². The van der Waals surface area contributed by atoms with Crippen LogP contribution in [0.3, 0.4) is 0 Å². The number of nitrogens with two attached hydrogens (primary N) is 1. The molecule has 382 valence electrons. The van der Waals surface area contributed by atoms with Gasteiger partial charge in [-0.3, -0.25) is 24.1 Å². The summed E-state index contributed by atoms with van der Waals surface area (Å²) in [6.45, 7) is 11.7. The third-order valence-corrected chi connectivity index (χ3v) is 12.0. The quantitative estimate of drug-likeness (QED) is 0.0688. The fourth-order valence-electron chi connectivity index (χ4n) is 8.21. The predicted octanol–water partition coefficient (Wildman–Crippen LogP) is 5.17. The second kappa shape index (κ2) is 25.3. The van der Waals surface area contributed by atoms with E-state index in [-0.39, 0.29) is 97.2 Å². The molecule has 5 N–H and O–H groups in total. The maximum atomic E-state index is 13.0. The van der Waals surface area contributed by atoms with E-state index in [4.69, 9.17) is 19.6 Å². The van der Waals surface area contributed by atoms with E-state index in [1.807, 2.05) is 92.6 Å². The number of rotatable bonds is 10. The molecule has 2 aliphatic carbocycles. The van der Waals surface area contributed by atoms with Gasteiger partial charge in [-0.05, 0) is 91.0 Å². The molecule has 0 saturated heterocycles. The molecule has 0 saturated carbocycles. The molecule has 0 fully saturated rings. The number of nitrogens with zero attached hydrogens (tertiary/aromatic N) is 14. The number of ketones is 1. The average Bonchev–Trinajstić information content (AvgIpc) is 4.18. The molecule has 8 aromatic heterocycles. The summed E-state index contributed by atoms with van der Waals surface area (Å²) in [5.41, 5.74) is 15.4. The van der Waals surface area contributed by atoms with E-state index >= 15 is 0 Å². The summed E-state index contributed by atoms with van der Waals surface area (Å²) in [4.78, 5) is 50.2. The number of hydrogen-bond donors (Lipinski definition) is 3. The Bertz CT molecular complexity index is 3130. The van der Waals surface area contributed by atoms with E-state index in [0.717, 1.165) is 84.7 Å². The first-order valence-corrected chi connectivity index (χ1v) is 24.0. The Morgan fingerprint density at radius 3 is 1.69 bits per heavy atom. The molecule has 2 unspecified atom stereocenters. The van der Waals surface area contributed by atoms with Gasteiger partial charge in [0.25, 0.3) is 5.89 Å². The van der Waals surface area contributed by atoms with Gasteiger partial charge in [-0.25, -0.2) is 19.9 Å². The molecule has 8 heterocycles. The van der Waals surface area contributed by atoms with Crippen LogP contribution in [0.25, 0.3) is 22.8 Å². The van der Waals surface area contributed by atoms with Crippen LogP contribution < -0.4 is 67.8 Å². The van der Waals surface area contributed by atoms with Gasteiger partial charge in [0.1, 0.15) is 5.89 Å². The molecule has 10 rings (SSSR count). The molecule has 2 aliphatic rings. The summed E-state index contributed by atoms with van der Waals surface area (Å²) < 4.78 is 14.1. The third-order valence-electron chi connectivity index (χ3n) is 12.0. The van der Waals surface area contributed by atoms with Crippen molar-refractivity contribution in [3.05, 3.63) is 120 Å². The van der Waals surface area contributed by atoms with Gasteiger partial charge in [0.05, 0.1) is 46.5 Å². The summed E-state index contributed by atoms with van der Waals surface area (Å²) in [5.74, 6) is 1.88. The first kappa shape index (κ1) is 56.9. The second-order valence-corrected chi connectivity index (χ2v) is 20.0. The fraction of sp³-hybridized carbons (Fsp3) is 0.412. The molecule has 0 radical (unpaired) electrons. The zero-order chi connectivity index (χ0) is 51.0. The van der Waals surface area contributed by atoms with Crippen LogP contribution in [-0.4, -0.2) is 87.4 Å². The number of aromatic nitrogens is 14. The molecule has 23 heteroatoms. The third kappa shape index (κ3) is 14.9. The maximum Gasteiger partial charge on any atom is 1.00 e. The van der Waals surface area contributed by atoms with E-state index < -0.39 is 0 Å². The predicted molar refractivity (Wildman–Crippen MR) is 270 cm³/mol. The summed E-state index contributed by atoms with van der Waals surface area (Å²) in [6, 6.07) is 8.03. The minimum absolute atomic E-state index is 0. The largest absolute Gasteiger partial charge is 1.00 e. The molecular formula is C51H61KN17O5-. The normalized spacial score (nSPS) is 15.1. The molecule has 0 spiro atoms. The fourth-order valence-corrected chi connectivity index (χ4v) is 8.21. The van der Waals surface area contributed by atoms with Crippen LogP contribution in [0.15, 0.2) is 82.7 Å². The Kier molecular flexibility index (Phi) is 19.4. The average molecular weight is 1030 g/mol. The van der Waals surface area contributed by atoms with Crippen molar-refractivity contribution in [2.75, 3.05) is 10.6 Å². The van der Waals surface area contributed by atoms with Crippen molar-refractivity contribution in [3.8, 4) is 22.8 Å². The number of carbonyl (C=O) groups excluding carboxylic acids is 2. The minimum Gasteiger partial charge on any atom is -0.870 e. The van der Waals surface area contributed by atoms with Gasteiger partial charge in [-0.1, -0.05) is 54.4 Å². The van der Waals surface area contributed by atoms with E-state index in [0.29, 0.717) is 30.1 Å². The SMILES string of the molecule is CC(C)(C)c1nnc([C-]=O)o1.Cn1cc(Nc2nccc(-c3cc4c(cn3)C(CC(=O)c3nnc(C(C)(C)C)o3)CCCC4)n2)cn1.Cn1cc(Nc2nccc(-c3cc4c(cn3)C(N)CCCC4)n2)cn1.[K+].[OH-]. The van der Waals surface area contributed by atoms with Crippen LogP contribution in [-0.2, 0) is 42.6 Å². The smallest absolute Gasteiger partial charge is 0.870 e. The van der Waals surface area contributed by atoms with Crippen LogP contribution >= 0.6 is 0 Å². The standard InChI is InChI=1S/C26H30N8O2.C18H21N7.C7H9N2O2.K.H2O/c1-26(2,3)24-33-32-23(36-24)22(35)12-17-8-6-5-7-16-11-21(28-14-19(16)17)20-9-10-27-25(31-20)30-18-13-29-34(4)15-18;1-25-11-13(9-22-25)23-18-20-7-6-16(24-18)17-8-12-4-2-3-5-15(19)14(12)10-21-17;1-7(2,3)6-9-8-5(4-10)11-6;;/h9-11,13-15,17H,5-8,12H2,1-4H3,(H,27,30,31);6-11,15H,2-5,19H2,1H3,(H,20,23,24);1-3H3;;1H2/q;;-1;+1;/p-1. The van der Waals surface area contributed by atoms with Gasteiger partial charge in [0, 0.05) is 74.6 Å². The van der Waals surface area contributed by atoms with Crippen LogP contribution in [0, 0.1) is 0 Å². The van der Waals surface area contributed by atoms with Gasteiger partial charge in [-0.2, -0.15) is 16.5 Å². The van der Waals surface area contributed by atoms with Gasteiger partial charge in [-0.15, -0.1) is 20.4 Å². The molecule has 74 heavy (non-hydrogen) atoms. The number of Topliss-reactive ketones (excluding diaryl/α,β-unsaturated/α-hetero) is 1. The molecule has 0 aliphatic heterocycles. The Labute approximate surface area is 471 Å². The van der Waals surface area contributed by atoms with Gasteiger partial charge in [0.15, 0.2) is 0 Å². The topological polar surface area (TPSA) is 305 Å². The molecule has 0 bridgehead atoms. The van der Waals surface area contributed by atoms with Gasteiger partial charge >= 0.3 is 51.4 Å². The number of nitrogens with one attached hydrogen (secondary N) is 2. The van der Waals surface area contributed by atoms with Crippen molar-refractivity contribution in [2.24, 2.45) is 19.8 Å². The number of anilines is 4. The Hall–Kier alpha value is -6.34. The number of carbonyl (C=O) groups is 1. The molecule has 8 aromatic rings. The Morgan fingerprint density at radius 2 is 1.20 bits per heavy atom. The van der Waals surface area contributed by atoms with Crippen molar-refractivity contribution >= 4 is 35.3 Å². The Morgan fingerprint density at radius 1 is 0.689 bits per heavy atom. The van der Waals surface area contributed by atoms with Crippen molar-refractivity contribution in [2.45, 2.75) is 122 Å². The van der Waals surface area contributed by atoms with Crippen LogP contribution in [0.4, 0.5) is 23.3 Å². The van der Waals surface area contributed by atoms with E-state index in [1.54, 1.807) is 34.2 Å². The zero-order valence-electron chi connectivity index (χ0n) is 43.4. The number of hydrogen-bond acceptors (Lipinski definition) is 20. The van der Waals surface area contributed by atoms with Crippen molar-refractivity contribution < 1.29 is 75.3 Å². The molecule has 22 nitrogen and oxygen atoms in total. The van der Waals surface area contributed by atoms with Crippen molar-refractivity contribution in [1.29, 1.82) is 0 Å². The van der Waals surface area contributed by atoms with Gasteiger partial charge in [0.2, 0.25) is 29.5 Å². The van der Waals surface area contributed by atoms with E-state index in [9.17, 15) is 9.59 Å². The summed E-state index contributed by atoms with van der Waals surface area (Å²) >= 11 is 0. The summed E-state index contributed by atoms with van der Waals surface area (Å²) in [5, 5.41) is 29.8. The first-order chi connectivity index (χ1) is 34.5. The van der Waals surface area contributed by atoms with Crippen molar-refractivity contribution in [1.82, 2.24) is 69.9 Å². The zero-order valence-corrected chi connectivity index (χ0v) is 46.5. The summed E-state index contributed by atoms with van der Waals surface area (Å²) in [7, 11) is 3.72. The van der Waals surface area contributed by atoms with Gasteiger partial charge < -0.3 is 35.5 Å². The van der Waals surface area contributed by atoms with Crippen LogP contribution in [0.2, 0.25) is 0 Å². The first-order valence-electron chi connectivity index (χ1n) is 24.0. The molecule has 2 atom stereocenters. The summed E-state index contributed by atoms with van der Waals surface area (Å²) in [6.07, 6.45) is 24.7. The molecule has 0 amide bonds. The molecule has 0 aromatic carbocycles. The maximum absolute atomic E-state index is 13.0. The molecular weight excluding hydrogens is 970 g/mol. The number of pyridine rings is 2.